The smallest absolute Gasteiger partial charge is 0.160 e. The van der Waals surface area contributed by atoms with Gasteiger partial charge in [-0.2, -0.15) is 0 Å². The molecule has 26 rings (SSSR count). The Morgan fingerprint density at radius 2 is 0.525 bits per heavy atom. The fourth-order valence-corrected chi connectivity index (χ4v) is 19.0. The van der Waals surface area contributed by atoms with E-state index in [1.807, 2.05) is 42.5 Å². The van der Waals surface area contributed by atoms with Gasteiger partial charge in [-0.15, -0.1) is 0 Å². The molecule has 0 N–H and O–H groups in total. The maximum atomic E-state index is 6.53. The molecule has 118 heavy (non-hydrogen) atoms. The number of benzene rings is 18. The van der Waals surface area contributed by atoms with Crippen LogP contribution in [-0.2, 0) is 0 Å². The van der Waals surface area contributed by atoms with Gasteiger partial charge >= 0.3 is 0 Å². The van der Waals surface area contributed by atoms with E-state index in [1.54, 1.807) is 0 Å². The fraction of sp³-hybridized carbons (Fsp3) is 0. The van der Waals surface area contributed by atoms with Crippen LogP contribution in [-0.4, -0.2) is 38.2 Å². The Kier molecular flexibility index (Phi) is 14.3. The molecule has 0 spiro atoms. The van der Waals surface area contributed by atoms with Crippen molar-refractivity contribution in [3.63, 3.8) is 0 Å². The maximum absolute atomic E-state index is 6.53. The number of rotatable bonds is 8. The molecule has 0 atom stereocenters. The minimum atomic E-state index is 0.695. The molecule has 0 bridgehead atoms. The quantitative estimate of drug-likeness (QED) is 0.150. The summed E-state index contributed by atoms with van der Waals surface area (Å²) in [7, 11) is 0. The number of hydrogen-bond donors (Lipinski definition) is 0. The molecule has 0 aliphatic heterocycles. The molecule has 0 aliphatic carbocycles. The molecule has 0 radical (unpaired) electrons. The van der Waals surface area contributed by atoms with Crippen molar-refractivity contribution < 1.29 is 8.83 Å². The predicted molar refractivity (Wildman–Crippen MR) is 488 cm³/mol. The van der Waals surface area contributed by atoms with Gasteiger partial charge in [-0.05, 0) is 167 Å². The minimum Gasteiger partial charge on any atom is -0.456 e. The molecule has 10 heteroatoms. The van der Waals surface area contributed by atoms with Gasteiger partial charge in [0.15, 0.2) is 11.6 Å². The molecule has 0 saturated heterocycles. The molecule has 10 nitrogen and oxygen atoms in total. The summed E-state index contributed by atoms with van der Waals surface area (Å²) in [5.74, 6) is 1.40. The highest BCUT2D eigenvalue weighted by molar-refractivity contribution is 6.33. The fourth-order valence-electron chi connectivity index (χ4n) is 19.0. The summed E-state index contributed by atoms with van der Waals surface area (Å²) in [5, 5.41) is 21.0. The Bertz CT molecular complexity index is 8680. The van der Waals surface area contributed by atoms with Crippen molar-refractivity contribution in [3.8, 4) is 68.0 Å². The van der Waals surface area contributed by atoms with Gasteiger partial charge < -0.3 is 27.1 Å². The Hall–Kier alpha value is -16.0. The zero-order chi connectivity index (χ0) is 77.2. The summed E-state index contributed by atoms with van der Waals surface area (Å²) in [5.41, 5.74) is 24.9. The van der Waals surface area contributed by atoms with E-state index in [-0.39, 0.29) is 0 Å². The SMILES string of the molecule is c1ccc(-c2nc(-c3ccc(-n4c5c(ccc6oc7ccccc7c65)c5ccc6c(c7ccccc7n6-c6ccc7ccccc7c6)c54)cc3)nc3ccccc23)cc1.c1ccc(-c2nc(-c3ccc(-n4c5ccccc5c5c4ccc4c6ccc7oc8ccccc8c7c6n(-c6ccc7ccccc7c6)c45)cc3)nc3ccccc23)cc1. The van der Waals surface area contributed by atoms with E-state index in [9.17, 15) is 0 Å². The first-order valence-corrected chi connectivity index (χ1v) is 40.0. The third kappa shape index (κ3) is 9.93. The van der Waals surface area contributed by atoms with E-state index < -0.39 is 0 Å². The Morgan fingerprint density at radius 3 is 0.992 bits per heavy atom. The normalized spacial score (nSPS) is 12.1. The molecule has 0 amide bonds. The van der Waals surface area contributed by atoms with Crippen LogP contribution in [0, 0.1) is 0 Å². The lowest BCUT2D eigenvalue weighted by Gasteiger charge is -2.12. The van der Waals surface area contributed by atoms with E-state index in [1.165, 1.54) is 75.7 Å². The van der Waals surface area contributed by atoms with Gasteiger partial charge in [0.2, 0.25) is 0 Å². The summed E-state index contributed by atoms with van der Waals surface area (Å²) < 4.78 is 22.8. The molecule has 8 aromatic heterocycles. The maximum Gasteiger partial charge on any atom is 0.160 e. The molecular weight excluding hydrogens is 1440 g/mol. The van der Waals surface area contributed by atoms with Crippen LogP contribution >= 0.6 is 0 Å². The van der Waals surface area contributed by atoms with Crippen LogP contribution in [0.2, 0.25) is 0 Å². The van der Waals surface area contributed by atoms with Crippen molar-refractivity contribution >= 4 is 174 Å². The van der Waals surface area contributed by atoms with Crippen LogP contribution in [0.4, 0.5) is 0 Å². The lowest BCUT2D eigenvalue weighted by Crippen LogP contribution is -1.97. The third-order valence-corrected chi connectivity index (χ3v) is 24.2. The van der Waals surface area contributed by atoms with Crippen molar-refractivity contribution in [2.24, 2.45) is 0 Å². The third-order valence-electron chi connectivity index (χ3n) is 24.2. The van der Waals surface area contributed by atoms with Crippen LogP contribution < -0.4 is 0 Å². The topological polar surface area (TPSA) is 97.6 Å². The first-order chi connectivity index (χ1) is 58.5. The molecule has 26 aromatic rings. The van der Waals surface area contributed by atoms with Crippen molar-refractivity contribution in [1.29, 1.82) is 0 Å². The second kappa shape index (κ2) is 25.7. The van der Waals surface area contributed by atoms with Crippen LogP contribution in [0.25, 0.3) is 242 Å². The lowest BCUT2D eigenvalue weighted by atomic mass is 10.1. The summed E-state index contributed by atoms with van der Waals surface area (Å²) in [6.07, 6.45) is 0. The Labute approximate surface area is 673 Å². The summed E-state index contributed by atoms with van der Waals surface area (Å²) in [6, 6.07) is 138. The molecule has 0 fully saturated rings. The molecule has 0 aliphatic rings. The number of furan rings is 2. The molecule has 0 unspecified atom stereocenters. The summed E-state index contributed by atoms with van der Waals surface area (Å²) in [4.78, 5) is 20.5. The van der Waals surface area contributed by atoms with E-state index in [0.29, 0.717) is 11.6 Å². The van der Waals surface area contributed by atoms with E-state index in [2.05, 4.69) is 364 Å². The van der Waals surface area contributed by atoms with Gasteiger partial charge in [-0.1, -0.05) is 243 Å². The monoisotopic (exact) mass is 1500 g/mol. The largest absolute Gasteiger partial charge is 0.456 e. The number of hydrogen-bond acceptors (Lipinski definition) is 6. The van der Waals surface area contributed by atoms with Crippen LogP contribution in [0.5, 0.6) is 0 Å². The Morgan fingerprint density at radius 1 is 0.186 bits per heavy atom. The van der Waals surface area contributed by atoms with E-state index >= 15 is 0 Å². The highest BCUT2D eigenvalue weighted by atomic mass is 16.3. The average Bonchev–Trinajstić information content (AvgIpc) is 1.53. The van der Waals surface area contributed by atoms with Gasteiger partial charge in [0.05, 0.1) is 77.3 Å². The number of fused-ring (bicyclic) bond motifs is 26. The molecule has 8 heterocycles. The highest BCUT2D eigenvalue weighted by Gasteiger charge is 2.28. The first-order valence-electron chi connectivity index (χ1n) is 40.0. The number of aromatic nitrogens is 8. The predicted octanol–water partition coefficient (Wildman–Crippen LogP) is 28.4. The summed E-state index contributed by atoms with van der Waals surface area (Å²) in [6.45, 7) is 0. The molecule has 0 saturated carbocycles. The minimum absolute atomic E-state index is 0.695. The molecule has 18 aromatic carbocycles. The van der Waals surface area contributed by atoms with Crippen LogP contribution in [0.1, 0.15) is 0 Å². The van der Waals surface area contributed by atoms with E-state index in [4.69, 9.17) is 28.8 Å². The van der Waals surface area contributed by atoms with Crippen molar-refractivity contribution in [1.82, 2.24) is 38.2 Å². The second-order valence-electron chi connectivity index (χ2n) is 30.7. The summed E-state index contributed by atoms with van der Waals surface area (Å²) >= 11 is 0. The zero-order valence-corrected chi connectivity index (χ0v) is 63.3. The van der Waals surface area contributed by atoms with Gasteiger partial charge in [0.25, 0.3) is 0 Å². The zero-order valence-electron chi connectivity index (χ0n) is 63.3. The average molecular weight is 1510 g/mol. The van der Waals surface area contributed by atoms with Gasteiger partial charge in [0, 0.05) is 110 Å². The van der Waals surface area contributed by atoms with Crippen molar-refractivity contribution in [2.45, 2.75) is 0 Å². The first kappa shape index (κ1) is 65.5. The van der Waals surface area contributed by atoms with E-state index in [0.717, 1.165) is 155 Å². The van der Waals surface area contributed by atoms with Crippen LogP contribution in [0.3, 0.4) is 0 Å². The van der Waals surface area contributed by atoms with Crippen molar-refractivity contribution in [2.75, 3.05) is 0 Å². The molecular formula is C108H64N8O2. The van der Waals surface area contributed by atoms with Gasteiger partial charge in [-0.3, -0.25) is 0 Å². The standard InChI is InChI=1S/2C54H32N4O/c1-2-13-34(14-3-1)51-41-16-6-9-19-44(41)55-54(56-51)35-23-25-37(26-24-35)58-52-39(40-29-31-48-50(53(40)58)43-18-8-11-21-47(43)59-48)28-30-46-49(52)42-17-7-10-20-45(42)57(46)38-27-22-33-12-4-5-15-36(33)32-38;1-2-13-34(14-3-1)51-41-16-6-9-19-44(41)55-54(56-51)35-23-25-37(26-24-35)57-45-20-10-7-17-42(45)49-46(57)30-28-39-40-29-31-48-50(43-18-8-11-21-47(43)59-48)53(40)58(52(39)49)38-27-22-33-12-4-5-15-36(33)32-38/h2*1-32H. The lowest BCUT2D eigenvalue weighted by molar-refractivity contribution is 0.669. The second-order valence-corrected chi connectivity index (χ2v) is 30.7. The van der Waals surface area contributed by atoms with Gasteiger partial charge in [0.1, 0.15) is 22.3 Å². The Balaban J connectivity index is 0.000000131. The molecule has 548 valence electrons. The number of para-hydroxylation sites is 6. The van der Waals surface area contributed by atoms with Crippen molar-refractivity contribution in [3.05, 3.63) is 388 Å². The highest BCUT2D eigenvalue weighted by Crippen LogP contribution is 2.49. The van der Waals surface area contributed by atoms with Gasteiger partial charge in [-0.25, -0.2) is 19.9 Å². The number of nitrogens with zero attached hydrogens (tertiary/aromatic N) is 8. The van der Waals surface area contributed by atoms with Crippen LogP contribution in [0.15, 0.2) is 397 Å².